The number of nitrogens with two attached hydrogens (primary N) is 1. The molecule has 1 amide bonds. The Morgan fingerprint density at radius 2 is 1.86 bits per heavy atom. The van der Waals surface area contributed by atoms with Crippen molar-refractivity contribution in [3.8, 4) is 22.9 Å². The standard InChI is InChI=1S/C29H33N5O3/c1-5-17(2)19(4)36-29(35)33-21-8-6-20(7-9-21)27-26(30)24-13-12-23(16-25(24)34(27)22-10-11-22)37-28-18(3)31-14-15-32-28/h6-9,12-17,19,22H,5,10-11,30H2,1-4H3,(H,33,35)/t17?,19-/m1/s1. The molecule has 2 heterocycles. The zero-order chi connectivity index (χ0) is 26.1. The van der Waals surface area contributed by atoms with Gasteiger partial charge in [-0.2, -0.15) is 0 Å². The van der Waals surface area contributed by atoms with Crippen LogP contribution in [0.15, 0.2) is 54.9 Å². The van der Waals surface area contributed by atoms with Crippen molar-refractivity contribution in [2.75, 3.05) is 11.1 Å². The summed E-state index contributed by atoms with van der Waals surface area (Å²) >= 11 is 0. The molecule has 2 aromatic heterocycles. The molecule has 0 radical (unpaired) electrons. The Hall–Kier alpha value is -4.07. The number of carbonyl (C=O) groups is 1. The molecule has 1 fully saturated rings. The number of ether oxygens (including phenoxy) is 2. The largest absolute Gasteiger partial charge is 0.446 e. The van der Waals surface area contributed by atoms with Crippen LogP contribution in [0.2, 0.25) is 0 Å². The molecule has 2 aromatic carbocycles. The number of aryl methyl sites for hydroxylation is 1. The zero-order valence-corrected chi connectivity index (χ0v) is 21.7. The molecule has 0 bridgehead atoms. The minimum atomic E-state index is -0.446. The van der Waals surface area contributed by atoms with Crippen molar-refractivity contribution in [1.29, 1.82) is 0 Å². The van der Waals surface area contributed by atoms with Crippen LogP contribution < -0.4 is 15.8 Å². The molecule has 0 saturated heterocycles. The molecule has 3 N–H and O–H groups in total. The first kappa shape index (κ1) is 24.6. The molecule has 2 atom stereocenters. The molecule has 1 saturated carbocycles. The second-order valence-corrected chi connectivity index (χ2v) is 9.79. The van der Waals surface area contributed by atoms with Gasteiger partial charge in [-0.1, -0.05) is 32.4 Å². The second kappa shape index (κ2) is 10.1. The average molecular weight is 500 g/mol. The minimum Gasteiger partial charge on any atom is -0.446 e. The lowest BCUT2D eigenvalue weighted by atomic mass is 10.0. The lowest BCUT2D eigenvalue weighted by Crippen LogP contribution is -2.25. The van der Waals surface area contributed by atoms with Gasteiger partial charge in [-0.25, -0.2) is 9.78 Å². The molecule has 5 rings (SSSR count). The Balaban J connectivity index is 1.42. The van der Waals surface area contributed by atoms with Gasteiger partial charge in [0.05, 0.1) is 22.6 Å². The maximum Gasteiger partial charge on any atom is 0.411 e. The van der Waals surface area contributed by atoms with Crippen LogP contribution in [0.4, 0.5) is 16.2 Å². The summed E-state index contributed by atoms with van der Waals surface area (Å²) < 4.78 is 13.9. The van der Waals surface area contributed by atoms with Crippen molar-refractivity contribution < 1.29 is 14.3 Å². The quantitative estimate of drug-likeness (QED) is 0.268. The topological polar surface area (TPSA) is 104 Å². The van der Waals surface area contributed by atoms with E-state index in [0.717, 1.165) is 52.8 Å². The highest BCUT2D eigenvalue weighted by molar-refractivity contribution is 6.02. The third-order valence-electron chi connectivity index (χ3n) is 7.12. The lowest BCUT2D eigenvalue weighted by molar-refractivity contribution is 0.0877. The highest BCUT2D eigenvalue weighted by Gasteiger charge is 2.30. The summed E-state index contributed by atoms with van der Waals surface area (Å²) in [7, 11) is 0. The van der Waals surface area contributed by atoms with Crippen molar-refractivity contribution in [1.82, 2.24) is 14.5 Å². The molecule has 1 aliphatic rings. The highest BCUT2D eigenvalue weighted by atomic mass is 16.6. The normalized spacial score (nSPS) is 14.8. The number of carbonyl (C=O) groups excluding carboxylic acids is 1. The van der Waals surface area contributed by atoms with Crippen LogP contribution in [0.3, 0.4) is 0 Å². The first-order valence-electron chi connectivity index (χ1n) is 12.8. The molecule has 8 heteroatoms. The van der Waals surface area contributed by atoms with Gasteiger partial charge in [-0.15, -0.1) is 0 Å². The minimum absolute atomic E-state index is 0.148. The summed E-state index contributed by atoms with van der Waals surface area (Å²) in [6, 6.07) is 14.0. The fraction of sp³-hybridized carbons (Fsp3) is 0.345. The molecule has 192 valence electrons. The first-order valence-corrected chi connectivity index (χ1v) is 12.8. The summed E-state index contributed by atoms with van der Waals surface area (Å²) in [5, 5.41) is 3.81. The van der Waals surface area contributed by atoms with Crippen LogP contribution in [0.1, 0.15) is 51.8 Å². The van der Waals surface area contributed by atoms with E-state index in [-0.39, 0.29) is 6.10 Å². The van der Waals surface area contributed by atoms with Gasteiger partial charge in [0.2, 0.25) is 5.88 Å². The van der Waals surface area contributed by atoms with Crippen LogP contribution in [-0.4, -0.2) is 26.7 Å². The number of nitrogens with one attached hydrogen (secondary N) is 1. The van der Waals surface area contributed by atoms with Crippen LogP contribution in [-0.2, 0) is 4.74 Å². The summed E-state index contributed by atoms with van der Waals surface area (Å²) in [6.07, 6.45) is 5.83. The molecule has 4 aromatic rings. The maximum atomic E-state index is 12.3. The summed E-state index contributed by atoms with van der Waals surface area (Å²) in [5.41, 5.74) is 11.8. The van der Waals surface area contributed by atoms with E-state index in [4.69, 9.17) is 15.2 Å². The van der Waals surface area contributed by atoms with Gasteiger partial charge in [0.25, 0.3) is 0 Å². The summed E-state index contributed by atoms with van der Waals surface area (Å²) in [5.74, 6) is 1.47. The summed E-state index contributed by atoms with van der Waals surface area (Å²) in [6.45, 7) is 7.94. The molecule has 37 heavy (non-hydrogen) atoms. The van der Waals surface area contributed by atoms with E-state index in [1.165, 1.54) is 0 Å². The predicted octanol–water partition coefficient (Wildman–Crippen LogP) is 7.10. The van der Waals surface area contributed by atoms with Gasteiger partial charge in [-0.05, 0) is 56.9 Å². The van der Waals surface area contributed by atoms with Crippen LogP contribution in [0.25, 0.3) is 22.2 Å². The number of benzene rings is 2. The maximum absolute atomic E-state index is 12.3. The van der Waals surface area contributed by atoms with E-state index in [9.17, 15) is 4.79 Å². The average Bonchev–Trinajstić information content (AvgIpc) is 3.69. The van der Waals surface area contributed by atoms with Gasteiger partial charge in [0.1, 0.15) is 11.9 Å². The van der Waals surface area contributed by atoms with E-state index >= 15 is 0 Å². The predicted molar refractivity (Wildman–Crippen MR) is 146 cm³/mol. The van der Waals surface area contributed by atoms with E-state index in [2.05, 4.69) is 33.7 Å². The first-order chi connectivity index (χ1) is 17.9. The number of hydrogen-bond donors (Lipinski definition) is 2. The number of nitrogen functional groups attached to an aromatic ring is 1. The van der Waals surface area contributed by atoms with Gasteiger partial charge in [-0.3, -0.25) is 10.3 Å². The van der Waals surface area contributed by atoms with Crippen molar-refractivity contribution in [2.24, 2.45) is 5.92 Å². The molecular formula is C29H33N5O3. The number of aromatic nitrogens is 3. The van der Waals surface area contributed by atoms with E-state index in [1.54, 1.807) is 12.4 Å². The van der Waals surface area contributed by atoms with Gasteiger partial charge < -0.3 is 19.8 Å². The van der Waals surface area contributed by atoms with Crippen molar-refractivity contribution in [3.05, 3.63) is 60.6 Å². The lowest BCUT2D eigenvalue weighted by Gasteiger charge is -2.19. The Morgan fingerprint density at radius 1 is 1.14 bits per heavy atom. The van der Waals surface area contributed by atoms with Crippen molar-refractivity contribution in [2.45, 2.75) is 59.1 Å². The number of amides is 1. The Morgan fingerprint density at radius 3 is 2.54 bits per heavy atom. The third kappa shape index (κ3) is 5.09. The monoisotopic (exact) mass is 499 g/mol. The van der Waals surface area contributed by atoms with Crippen LogP contribution in [0.5, 0.6) is 11.6 Å². The van der Waals surface area contributed by atoms with Crippen LogP contribution in [0, 0.1) is 12.8 Å². The molecule has 0 aliphatic heterocycles. The van der Waals surface area contributed by atoms with E-state index < -0.39 is 6.09 Å². The highest BCUT2D eigenvalue weighted by Crippen LogP contribution is 2.47. The van der Waals surface area contributed by atoms with E-state index in [0.29, 0.717) is 29.3 Å². The molecule has 8 nitrogen and oxygen atoms in total. The Labute approximate surface area is 216 Å². The van der Waals surface area contributed by atoms with Crippen molar-refractivity contribution >= 4 is 28.4 Å². The third-order valence-corrected chi connectivity index (χ3v) is 7.12. The number of nitrogens with zero attached hydrogens (tertiary/aromatic N) is 3. The van der Waals surface area contributed by atoms with Gasteiger partial charge in [0.15, 0.2) is 0 Å². The van der Waals surface area contributed by atoms with Crippen molar-refractivity contribution in [3.63, 3.8) is 0 Å². The van der Waals surface area contributed by atoms with Gasteiger partial charge in [0, 0.05) is 41.1 Å². The Bertz CT molecular complexity index is 1430. The second-order valence-electron chi connectivity index (χ2n) is 9.79. The number of rotatable bonds is 8. The van der Waals surface area contributed by atoms with Crippen LogP contribution >= 0.6 is 0 Å². The number of anilines is 2. The number of fused-ring (bicyclic) bond motifs is 1. The van der Waals surface area contributed by atoms with Gasteiger partial charge >= 0.3 is 6.09 Å². The SMILES string of the molecule is CCC(C)[C@@H](C)OC(=O)Nc1ccc(-c2c(N)c3ccc(Oc4nccnc4C)cc3n2C2CC2)cc1. The fourth-order valence-electron chi connectivity index (χ4n) is 4.47. The molecule has 0 spiro atoms. The molecular weight excluding hydrogens is 466 g/mol. The Kier molecular flexibility index (Phi) is 6.74. The molecule has 1 unspecified atom stereocenters. The molecule has 1 aliphatic carbocycles. The van der Waals surface area contributed by atoms with E-state index in [1.807, 2.05) is 56.3 Å². The summed E-state index contributed by atoms with van der Waals surface area (Å²) in [4.78, 5) is 20.9. The smallest absolute Gasteiger partial charge is 0.411 e. The number of hydrogen-bond acceptors (Lipinski definition) is 6. The fourth-order valence-corrected chi connectivity index (χ4v) is 4.47. The zero-order valence-electron chi connectivity index (χ0n) is 21.7.